The van der Waals surface area contributed by atoms with Crippen LogP contribution in [0.15, 0.2) is 34.7 Å². The van der Waals surface area contributed by atoms with Gasteiger partial charge in [0.2, 0.25) is 5.91 Å². The fourth-order valence-electron chi connectivity index (χ4n) is 2.92. The van der Waals surface area contributed by atoms with Gasteiger partial charge in [0.1, 0.15) is 23.8 Å². The van der Waals surface area contributed by atoms with Gasteiger partial charge in [-0.25, -0.2) is 0 Å². The number of hydrogen-bond acceptors (Lipinski definition) is 5. The highest BCUT2D eigenvalue weighted by atomic mass is 16.4. The van der Waals surface area contributed by atoms with Crippen LogP contribution in [0, 0.1) is 0 Å². The van der Waals surface area contributed by atoms with Crippen LogP contribution in [0.5, 0.6) is 0 Å². The number of amides is 2. The number of para-hydroxylation sites is 1. The van der Waals surface area contributed by atoms with E-state index in [1.807, 2.05) is 12.1 Å². The number of β-amino-alcohol motifs (C(OH)–C–C–N with tert-alkyl or cyclic N) is 1. The normalized spacial score (nSPS) is 23.9. The summed E-state index contributed by atoms with van der Waals surface area (Å²) in [5.74, 6) is -0.968. The van der Waals surface area contributed by atoms with Gasteiger partial charge in [-0.3, -0.25) is 9.59 Å². The van der Waals surface area contributed by atoms with Crippen LogP contribution < -0.4 is 5.32 Å². The molecule has 0 radical (unpaired) electrons. The second-order valence-corrected chi connectivity index (χ2v) is 6.27. The lowest BCUT2D eigenvalue weighted by Gasteiger charge is -2.25. The summed E-state index contributed by atoms with van der Waals surface area (Å²) >= 11 is 0. The first-order valence-corrected chi connectivity index (χ1v) is 7.84. The number of hydrogen-bond donors (Lipinski definition) is 3. The lowest BCUT2D eigenvalue weighted by molar-refractivity contribution is -0.128. The van der Waals surface area contributed by atoms with Gasteiger partial charge in [0.25, 0.3) is 5.91 Å². The van der Waals surface area contributed by atoms with Crippen LogP contribution >= 0.6 is 0 Å². The maximum Gasteiger partial charge on any atom is 0.290 e. The Balaban J connectivity index is 1.90. The summed E-state index contributed by atoms with van der Waals surface area (Å²) in [4.78, 5) is 26.2. The standard InChI is InChI=1S/C17H20N2O5/c1-9(2)18-16(22)14-15(21)11(20)8-19(14)17(23)13-7-10-5-3-4-6-12(10)24-13/h3-7,9,11,14-15,20-21H,8H2,1-2H3,(H,18,22)/t11-,14?,15+/m0/s1. The largest absolute Gasteiger partial charge is 0.451 e. The molecule has 0 aliphatic carbocycles. The monoisotopic (exact) mass is 332 g/mol. The molecule has 1 aliphatic rings. The van der Waals surface area contributed by atoms with Crippen molar-refractivity contribution in [3.05, 3.63) is 36.1 Å². The van der Waals surface area contributed by atoms with Gasteiger partial charge >= 0.3 is 0 Å². The SMILES string of the molecule is CC(C)NC(=O)C1[C@H](O)[C@@H](O)CN1C(=O)c1cc2ccccc2o1. The number of benzene rings is 1. The van der Waals surface area contributed by atoms with Gasteiger partial charge in [-0.1, -0.05) is 18.2 Å². The van der Waals surface area contributed by atoms with Crippen molar-refractivity contribution >= 4 is 22.8 Å². The highest BCUT2D eigenvalue weighted by Gasteiger charge is 2.47. The zero-order valence-corrected chi connectivity index (χ0v) is 13.5. The first-order chi connectivity index (χ1) is 11.4. The molecule has 2 aromatic rings. The van der Waals surface area contributed by atoms with Gasteiger partial charge in [0.15, 0.2) is 5.76 Å². The Morgan fingerprint density at radius 2 is 2.00 bits per heavy atom. The summed E-state index contributed by atoms with van der Waals surface area (Å²) in [6.45, 7) is 3.43. The van der Waals surface area contributed by atoms with E-state index >= 15 is 0 Å². The number of nitrogens with zero attached hydrogens (tertiary/aromatic N) is 1. The van der Waals surface area contributed by atoms with Crippen molar-refractivity contribution < 1.29 is 24.2 Å². The van der Waals surface area contributed by atoms with Gasteiger partial charge in [0, 0.05) is 11.4 Å². The zero-order valence-electron chi connectivity index (χ0n) is 13.5. The van der Waals surface area contributed by atoms with Crippen molar-refractivity contribution in [2.45, 2.75) is 38.1 Å². The van der Waals surface area contributed by atoms with Crippen molar-refractivity contribution in [2.75, 3.05) is 6.54 Å². The maximum absolute atomic E-state index is 12.7. The lowest BCUT2D eigenvalue weighted by Crippen LogP contribution is -2.51. The summed E-state index contributed by atoms with van der Waals surface area (Å²) < 4.78 is 5.54. The number of aliphatic hydroxyl groups excluding tert-OH is 2. The van der Waals surface area contributed by atoms with Crippen LogP contribution in [0.3, 0.4) is 0 Å². The second-order valence-electron chi connectivity index (χ2n) is 6.27. The van der Waals surface area contributed by atoms with Crippen molar-refractivity contribution in [1.29, 1.82) is 0 Å². The van der Waals surface area contributed by atoms with E-state index in [1.165, 1.54) is 0 Å². The molecular formula is C17H20N2O5. The van der Waals surface area contributed by atoms with Crippen molar-refractivity contribution in [3.63, 3.8) is 0 Å². The van der Waals surface area contributed by atoms with Gasteiger partial charge in [-0.05, 0) is 26.0 Å². The van der Waals surface area contributed by atoms with Crippen LogP contribution in [-0.4, -0.2) is 57.8 Å². The molecule has 1 aromatic heterocycles. The van der Waals surface area contributed by atoms with E-state index in [1.54, 1.807) is 32.0 Å². The van der Waals surface area contributed by atoms with Crippen molar-refractivity contribution in [2.24, 2.45) is 0 Å². The molecular weight excluding hydrogens is 312 g/mol. The Bertz CT molecular complexity index is 736. The van der Waals surface area contributed by atoms with Crippen molar-refractivity contribution in [3.8, 4) is 0 Å². The van der Waals surface area contributed by atoms with E-state index in [2.05, 4.69) is 5.32 Å². The Hall–Kier alpha value is -2.38. The summed E-state index contributed by atoms with van der Waals surface area (Å²) in [5.41, 5.74) is 0.560. The Labute approximate surface area is 138 Å². The molecule has 1 unspecified atom stereocenters. The maximum atomic E-state index is 12.7. The fourth-order valence-corrected chi connectivity index (χ4v) is 2.92. The van der Waals surface area contributed by atoms with E-state index in [0.29, 0.717) is 5.58 Å². The molecule has 0 bridgehead atoms. The first kappa shape index (κ1) is 16.5. The van der Waals surface area contributed by atoms with Crippen molar-refractivity contribution in [1.82, 2.24) is 10.2 Å². The molecule has 1 saturated heterocycles. The molecule has 1 aliphatic heterocycles. The molecule has 128 valence electrons. The third-order valence-electron chi connectivity index (χ3n) is 4.03. The van der Waals surface area contributed by atoms with E-state index in [-0.39, 0.29) is 18.3 Å². The summed E-state index contributed by atoms with van der Waals surface area (Å²) in [6.07, 6.45) is -2.52. The van der Waals surface area contributed by atoms with Crippen LogP contribution in [0.1, 0.15) is 24.4 Å². The minimum atomic E-state index is -1.34. The summed E-state index contributed by atoms with van der Waals surface area (Å²) in [6, 6.07) is 7.46. The number of fused-ring (bicyclic) bond motifs is 1. The van der Waals surface area contributed by atoms with Gasteiger partial charge in [0.05, 0.1) is 6.54 Å². The van der Waals surface area contributed by atoms with E-state index in [4.69, 9.17) is 4.42 Å². The van der Waals surface area contributed by atoms with E-state index in [0.717, 1.165) is 10.3 Å². The van der Waals surface area contributed by atoms with Crippen LogP contribution in [-0.2, 0) is 4.79 Å². The molecule has 1 aromatic carbocycles. The highest BCUT2D eigenvalue weighted by molar-refractivity contribution is 5.99. The van der Waals surface area contributed by atoms with Crippen LogP contribution in [0.25, 0.3) is 11.0 Å². The van der Waals surface area contributed by atoms with E-state index < -0.39 is 30.1 Å². The molecule has 2 heterocycles. The van der Waals surface area contributed by atoms with Gasteiger partial charge < -0.3 is 24.8 Å². The third-order valence-corrected chi connectivity index (χ3v) is 4.03. The second kappa shape index (κ2) is 6.26. The summed E-state index contributed by atoms with van der Waals surface area (Å²) in [7, 11) is 0. The molecule has 3 N–H and O–H groups in total. The highest BCUT2D eigenvalue weighted by Crippen LogP contribution is 2.25. The number of nitrogens with one attached hydrogen (secondary N) is 1. The molecule has 24 heavy (non-hydrogen) atoms. The lowest BCUT2D eigenvalue weighted by atomic mass is 10.1. The topological polar surface area (TPSA) is 103 Å². The average molecular weight is 332 g/mol. The Morgan fingerprint density at radius 3 is 2.67 bits per heavy atom. The fraction of sp³-hybridized carbons (Fsp3) is 0.412. The quantitative estimate of drug-likeness (QED) is 0.760. The first-order valence-electron chi connectivity index (χ1n) is 7.84. The Morgan fingerprint density at radius 1 is 1.29 bits per heavy atom. The third kappa shape index (κ3) is 2.88. The predicted octanol–water partition coefficient (Wildman–Crippen LogP) is 0.504. The Kier molecular flexibility index (Phi) is 4.29. The minimum absolute atomic E-state index is 0.0693. The number of carbonyl (C=O) groups is 2. The molecule has 1 fully saturated rings. The van der Waals surface area contributed by atoms with Gasteiger partial charge in [-0.15, -0.1) is 0 Å². The molecule has 3 atom stereocenters. The van der Waals surface area contributed by atoms with Crippen LogP contribution in [0.2, 0.25) is 0 Å². The molecule has 0 saturated carbocycles. The number of aliphatic hydroxyl groups is 2. The average Bonchev–Trinajstić information content (AvgIpc) is 3.08. The van der Waals surface area contributed by atoms with Gasteiger partial charge in [-0.2, -0.15) is 0 Å². The molecule has 7 heteroatoms. The molecule has 3 rings (SSSR count). The summed E-state index contributed by atoms with van der Waals surface area (Å²) in [5, 5.41) is 23.4. The minimum Gasteiger partial charge on any atom is -0.451 e. The number of furan rings is 1. The smallest absolute Gasteiger partial charge is 0.290 e. The molecule has 0 spiro atoms. The van der Waals surface area contributed by atoms with Crippen LogP contribution in [0.4, 0.5) is 0 Å². The number of carbonyl (C=O) groups excluding carboxylic acids is 2. The number of likely N-dealkylation sites (tertiary alicyclic amines) is 1. The van der Waals surface area contributed by atoms with E-state index in [9.17, 15) is 19.8 Å². The zero-order chi connectivity index (χ0) is 17.4. The molecule has 2 amide bonds. The number of rotatable bonds is 3. The molecule has 7 nitrogen and oxygen atoms in total. The predicted molar refractivity (Wildman–Crippen MR) is 86.3 cm³/mol.